The maximum Gasteiger partial charge on any atom is 0.153 e. The quantitative estimate of drug-likeness (QED) is 0.594. The van der Waals surface area contributed by atoms with Gasteiger partial charge in [0.25, 0.3) is 0 Å². The van der Waals surface area contributed by atoms with Gasteiger partial charge in [0.2, 0.25) is 0 Å². The first kappa shape index (κ1) is 16.3. The van der Waals surface area contributed by atoms with Gasteiger partial charge in [-0.05, 0) is 44.2 Å². The normalized spacial score (nSPS) is 11.7. The van der Waals surface area contributed by atoms with Gasteiger partial charge < -0.3 is 9.84 Å². The van der Waals surface area contributed by atoms with E-state index in [1.165, 1.54) is 0 Å². The van der Waals surface area contributed by atoms with Gasteiger partial charge in [0.05, 0.1) is 17.4 Å². The molecule has 0 fully saturated rings. The van der Waals surface area contributed by atoms with Gasteiger partial charge in [-0.2, -0.15) is 5.10 Å². The SMILES string of the molecule is CC(C)(O)c1ccnn1-c1ccccc1Oc1cnc2ccccc2c1. The van der Waals surface area contributed by atoms with Crippen molar-refractivity contribution in [2.24, 2.45) is 0 Å². The van der Waals surface area contributed by atoms with Gasteiger partial charge in [-0.25, -0.2) is 4.68 Å². The molecule has 4 aromatic rings. The fourth-order valence-electron chi connectivity index (χ4n) is 2.91. The molecule has 0 bridgehead atoms. The van der Waals surface area contributed by atoms with Crippen LogP contribution in [0.5, 0.6) is 11.5 Å². The summed E-state index contributed by atoms with van der Waals surface area (Å²) in [5, 5.41) is 15.8. The second-order valence-electron chi connectivity index (χ2n) is 6.62. The number of pyridine rings is 1. The van der Waals surface area contributed by atoms with Gasteiger partial charge in [-0.1, -0.05) is 30.3 Å². The zero-order chi connectivity index (χ0) is 18.1. The van der Waals surface area contributed by atoms with Crippen LogP contribution in [0.3, 0.4) is 0 Å². The second kappa shape index (κ2) is 6.28. The molecule has 2 aromatic carbocycles. The van der Waals surface area contributed by atoms with Gasteiger partial charge in [0.15, 0.2) is 5.75 Å². The second-order valence-corrected chi connectivity index (χ2v) is 6.62. The summed E-state index contributed by atoms with van der Waals surface area (Å²) in [5.41, 5.74) is 1.34. The molecule has 130 valence electrons. The van der Waals surface area contributed by atoms with E-state index in [0.29, 0.717) is 17.2 Å². The number of aromatic nitrogens is 3. The van der Waals surface area contributed by atoms with Crippen molar-refractivity contribution in [3.63, 3.8) is 0 Å². The number of hydrogen-bond donors (Lipinski definition) is 1. The number of aliphatic hydroxyl groups is 1. The van der Waals surface area contributed by atoms with E-state index < -0.39 is 5.60 Å². The first-order chi connectivity index (χ1) is 12.5. The standard InChI is InChI=1S/C21H19N3O2/c1-21(2,25)20-11-12-23-24(20)18-9-5-6-10-19(18)26-16-13-15-7-3-4-8-17(15)22-14-16/h3-14,25H,1-2H3. The topological polar surface area (TPSA) is 60.2 Å². The predicted octanol–water partition coefficient (Wildman–Crippen LogP) is 4.44. The summed E-state index contributed by atoms with van der Waals surface area (Å²) in [7, 11) is 0. The average Bonchev–Trinajstić information content (AvgIpc) is 3.12. The summed E-state index contributed by atoms with van der Waals surface area (Å²) in [6, 6.07) is 19.3. The third-order valence-electron chi connectivity index (χ3n) is 4.16. The summed E-state index contributed by atoms with van der Waals surface area (Å²) in [6.07, 6.45) is 3.38. The minimum atomic E-state index is -1.02. The predicted molar refractivity (Wildman–Crippen MR) is 101 cm³/mol. The highest BCUT2D eigenvalue weighted by Crippen LogP contribution is 2.31. The van der Waals surface area contributed by atoms with Crippen LogP contribution >= 0.6 is 0 Å². The Morgan fingerprint density at radius 3 is 2.62 bits per heavy atom. The molecule has 26 heavy (non-hydrogen) atoms. The Morgan fingerprint density at radius 2 is 1.77 bits per heavy atom. The number of fused-ring (bicyclic) bond motifs is 1. The molecule has 0 radical (unpaired) electrons. The lowest BCUT2D eigenvalue weighted by atomic mass is 10.1. The van der Waals surface area contributed by atoms with E-state index in [9.17, 15) is 5.11 Å². The third kappa shape index (κ3) is 3.05. The largest absolute Gasteiger partial charge is 0.453 e. The Morgan fingerprint density at radius 1 is 1.00 bits per heavy atom. The van der Waals surface area contributed by atoms with Crippen LogP contribution in [0.15, 0.2) is 73.1 Å². The van der Waals surface area contributed by atoms with Crippen molar-refractivity contribution in [1.29, 1.82) is 0 Å². The fourth-order valence-corrected chi connectivity index (χ4v) is 2.91. The van der Waals surface area contributed by atoms with Crippen LogP contribution in [0.25, 0.3) is 16.6 Å². The van der Waals surface area contributed by atoms with Crippen LogP contribution in [0.1, 0.15) is 19.5 Å². The van der Waals surface area contributed by atoms with E-state index in [4.69, 9.17) is 4.74 Å². The van der Waals surface area contributed by atoms with Crippen LogP contribution in [0, 0.1) is 0 Å². The Labute approximate surface area is 151 Å². The van der Waals surface area contributed by atoms with Crippen molar-refractivity contribution in [3.05, 3.63) is 78.8 Å². The maximum atomic E-state index is 10.4. The fraction of sp³-hybridized carbons (Fsp3) is 0.143. The first-order valence-corrected chi connectivity index (χ1v) is 8.41. The summed E-state index contributed by atoms with van der Waals surface area (Å²) < 4.78 is 7.80. The number of rotatable bonds is 4. The van der Waals surface area contributed by atoms with Crippen molar-refractivity contribution in [2.45, 2.75) is 19.4 Å². The Kier molecular flexibility index (Phi) is 3.93. The minimum Gasteiger partial charge on any atom is -0.453 e. The molecule has 1 N–H and O–H groups in total. The van der Waals surface area contributed by atoms with Crippen molar-refractivity contribution in [1.82, 2.24) is 14.8 Å². The molecule has 5 heteroatoms. The molecule has 2 heterocycles. The smallest absolute Gasteiger partial charge is 0.153 e. The molecule has 0 atom stereocenters. The van der Waals surface area contributed by atoms with Gasteiger partial charge in [0.1, 0.15) is 17.0 Å². The zero-order valence-corrected chi connectivity index (χ0v) is 14.6. The van der Waals surface area contributed by atoms with Gasteiger partial charge in [-0.15, -0.1) is 0 Å². The lowest BCUT2D eigenvalue weighted by Gasteiger charge is -2.20. The number of hydrogen-bond acceptors (Lipinski definition) is 4. The number of nitrogens with zero attached hydrogens (tertiary/aromatic N) is 3. The van der Waals surface area contributed by atoms with Crippen molar-refractivity contribution < 1.29 is 9.84 Å². The van der Waals surface area contributed by atoms with E-state index in [1.54, 1.807) is 37.0 Å². The van der Waals surface area contributed by atoms with E-state index in [1.807, 2.05) is 54.6 Å². The highest BCUT2D eigenvalue weighted by atomic mass is 16.5. The van der Waals surface area contributed by atoms with Gasteiger partial charge in [-0.3, -0.25) is 4.98 Å². The lowest BCUT2D eigenvalue weighted by Crippen LogP contribution is -2.20. The van der Waals surface area contributed by atoms with Crippen LogP contribution in [-0.4, -0.2) is 19.9 Å². The molecule has 0 amide bonds. The zero-order valence-electron chi connectivity index (χ0n) is 14.6. The average molecular weight is 345 g/mol. The first-order valence-electron chi connectivity index (χ1n) is 8.41. The molecule has 2 aromatic heterocycles. The third-order valence-corrected chi connectivity index (χ3v) is 4.16. The molecule has 0 aliphatic carbocycles. The molecule has 0 spiro atoms. The molecule has 0 aliphatic rings. The molecule has 4 rings (SSSR count). The molecule has 5 nitrogen and oxygen atoms in total. The molecule has 0 saturated heterocycles. The highest BCUT2D eigenvalue weighted by Gasteiger charge is 2.23. The van der Waals surface area contributed by atoms with Crippen molar-refractivity contribution in [3.8, 4) is 17.2 Å². The van der Waals surface area contributed by atoms with Crippen molar-refractivity contribution >= 4 is 10.9 Å². The van der Waals surface area contributed by atoms with E-state index >= 15 is 0 Å². The Bertz CT molecular complexity index is 1060. The molecule has 0 aliphatic heterocycles. The molecular weight excluding hydrogens is 326 g/mol. The molecule has 0 unspecified atom stereocenters. The van der Waals surface area contributed by atoms with Crippen LogP contribution in [-0.2, 0) is 5.60 Å². The highest BCUT2D eigenvalue weighted by molar-refractivity contribution is 5.79. The van der Waals surface area contributed by atoms with E-state index in [2.05, 4.69) is 10.1 Å². The van der Waals surface area contributed by atoms with Crippen LogP contribution in [0.2, 0.25) is 0 Å². The molecular formula is C21H19N3O2. The van der Waals surface area contributed by atoms with E-state index in [-0.39, 0.29) is 0 Å². The Hall–Kier alpha value is -3.18. The van der Waals surface area contributed by atoms with Crippen LogP contribution < -0.4 is 4.74 Å². The minimum absolute atomic E-state index is 0.638. The number of ether oxygens (including phenoxy) is 1. The monoisotopic (exact) mass is 345 g/mol. The summed E-state index contributed by atoms with van der Waals surface area (Å²) in [4.78, 5) is 4.44. The van der Waals surface area contributed by atoms with Gasteiger partial charge >= 0.3 is 0 Å². The molecule has 0 saturated carbocycles. The van der Waals surface area contributed by atoms with Gasteiger partial charge in [0, 0.05) is 11.6 Å². The maximum absolute atomic E-state index is 10.4. The van der Waals surface area contributed by atoms with E-state index in [0.717, 1.165) is 16.6 Å². The van der Waals surface area contributed by atoms with Crippen molar-refractivity contribution in [2.75, 3.05) is 0 Å². The number of benzene rings is 2. The lowest BCUT2D eigenvalue weighted by molar-refractivity contribution is 0.0711. The summed E-state index contributed by atoms with van der Waals surface area (Å²) in [5.74, 6) is 1.28. The number of para-hydroxylation sites is 3. The Balaban J connectivity index is 1.75. The van der Waals surface area contributed by atoms with Crippen LogP contribution in [0.4, 0.5) is 0 Å². The summed E-state index contributed by atoms with van der Waals surface area (Å²) >= 11 is 0. The summed E-state index contributed by atoms with van der Waals surface area (Å²) in [6.45, 7) is 3.47.